The summed E-state index contributed by atoms with van der Waals surface area (Å²) in [5, 5.41) is 9.14. The predicted octanol–water partition coefficient (Wildman–Crippen LogP) is 4.57. The molecular weight excluding hydrogens is 305 g/mol. The molecule has 0 bridgehead atoms. The molecule has 0 heterocycles. The Balaban J connectivity index is 2.24. The van der Waals surface area contributed by atoms with Crippen LogP contribution >= 0.6 is 0 Å². The van der Waals surface area contributed by atoms with Crippen LogP contribution in [0.3, 0.4) is 0 Å². The van der Waals surface area contributed by atoms with E-state index in [1.54, 1.807) is 12.1 Å². The fraction of sp³-hybridized carbons (Fsp3) is 0.167. The summed E-state index contributed by atoms with van der Waals surface area (Å²) >= 11 is 0. The molecule has 0 unspecified atom stereocenters. The quantitative estimate of drug-likeness (QED) is 0.880. The van der Waals surface area contributed by atoms with Crippen molar-refractivity contribution in [2.45, 2.75) is 19.3 Å². The maximum absolute atomic E-state index is 14.1. The van der Waals surface area contributed by atoms with Crippen LogP contribution in [0.4, 0.5) is 13.2 Å². The van der Waals surface area contributed by atoms with Crippen molar-refractivity contribution in [1.29, 1.82) is 0 Å². The minimum absolute atomic E-state index is 0.0412. The van der Waals surface area contributed by atoms with Gasteiger partial charge in [0.25, 0.3) is 0 Å². The van der Waals surface area contributed by atoms with E-state index in [9.17, 15) is 18.0 Å². The van der Waals surface area contributed by atoms with Gasteiger partial charge in [-0.1, -0.05) is 12.1 Å². The number of hydrogen-bond acceptors (Lipinski definition) is 1. The molecule has 1 N–H and O–H groups in total. The lowest BCUT2D eigenvalue weighted by atomic mass is 9.91. The first-order valence-electron chi connectivity index (χ1n) is 7.19. The van der Waals surface area contributed by atoms with E-state index in [4.69, 9.17) is 5.11 Å². The molecule has 2 nitrogen and oxygen atoms in total. The first kappa shape index (κ1) is 15.3. The summed E-state index contributed by atoms with van der Waals surface area (Å²) in [5.41, 5.74) is 1.29. The summed E-state index contributed by atoms with van der Waals surface area (Å²) in [6.45, 7) is 0. The molecule has 0 amide bonds. The summed E-state index contributed by atoms with van der Waals surface area (Å²) in [6.07, 6.45) is 3.74. The molecule has 5 heteroatoms. The number of allylic oxidation sites excluding steroid dienone is 1. The Bertz CT molecular complexity index is 802. The Morgan fingerprint density at radius 2 is 1.74 bits per heavy atom. The summed E-state index contributed by atoms with van der Waals surface area (Å²) in [5.74, 6) is -4.10. The first-order chi connectivity index (χ1) is 11.0. The molecule has 23 heavy (non-hydrogen) atoms. The molecular formula is C18H13F3O2. The van der Waals surface area contributed by atoms with Gasteiger partial charge in [0, 0.05) is 12.1 Å². The normalized spacial score (nSPS) is 14.0. The summed E-state index contributed by atoms with van der Waals surface area (Å²) < 4.78 is 41.4. The number of carboxylic acids is 1. The summed E-state index contributed by atoms with van der Waals surface area (Å²) in [7, 11) is 0. The second-order valence-electron chi connectivity index (χ2n) is 5.43. The fourth-order valence-corrected chi connectivity index (χ4v) is 2.86. The van der Waals surface area contributed by atoms with E-state index in [0.29, 0.717) is 30.5 Å². The van der Waals surface area contributed by atoms with Gasteiger partial charge in [-0.05, 0) is 48.1 Å². The van der Waals surface area contributed by atoms with Gasteiger partial charge in [-0.25, -0.2) is 18.0 Å². The molecule has 0 radical (unpaired) electrons. The minimum Gasteiger partial charge on any atom is -0.478 e. The highest BCUT2D eigenvalue weighted by atomic mass is 19.1. The third-order valence-electron chi connectivity index (χ3n) is 3.92. The van der Waals surface area contributed by atoms with Crippen molar-refractivity contribution >= 4 is 11.5 Å². The molecule has 2 aromatic rings. The Kier molecular flexibility index (Phi) is 3.94. The van der Waals surface area contributed by atoms with E-state index < -0.39 is 23.4 Å². The summed E-state index contributed by atoms with van der Waals surface area (Å²) in [4.78, 5) is 11.2. The Morgan fingerprint density at radius 1 is 1.04 bits per heavy atom. The molecule has 0 spiro atoms. The molecule has 118 valence electrons. The maximum atomic E-state index is 14.1. The Labute approximate surface area is 130 Å². The lowest BCUT2D eigenvalue weighted by Crippen LogP contribution is -2.03. The van der Waals surface area contributed by atoms with Crippen molar-refractivity contribution in [3.05, 3.63) is 76.1 Å². The molecule has 0 aliphatic heterocycles. The van der Waals surface area contributed by atoms with Gasteiger partial charge in [-0.15, -0.1) is 0 Å². The first-order valence-corrected chi connectivity index (χ1v) is 7.19. The van der Waals surface area contributed by atoms with E-state index in [2.05, 4.69) is 0 Å². The smallest absolute Gasteiger partial charge is 0.335 e. The standard InChI is InChI=1S/C18H13F3O2/c19-12-8-15(20)17(16(21)9-12)13-4-2-1-3-10-5-6-11(18(22)23)7-14(10)13/h4-9H,1-3H2,(H,22,23). The highest BCUT2D eigenvalue weighted by Gasteiger charge is 2.21. The van der Waals surface area contributed by atoms with E-state index >= 15 is 0 Å². The predicted molar refractivity (Wildman–Crippen MR) is 79.7 cm³/mol. The van der Waals surface area contributed by atoms with Crippen molar-refractivity contribution in [2.75, 3.05) is 0 Å². The fourth-order valence-electron chi connectivity index (χ4n) is 2.86. The SMILES string of the molecule is O=C(O)c1ccc2c(c1)C(c1c(F)cc(F)cc1F)=CCCC2. The van der Waals surface area contributed by atoms with Gasteiger partial charge in [-0.3, -0.25) is 0 Å². The third kappa shape index (κ3) is 2.86. The number of carbonyl (C=O) groups is 1. The van der Waals surface area contributed by atoms with Gasteiger partial charge >= 0.3 is 5.97 Å². The van der Waals surface area contributed by atoms with Crippen LogP contribution in [0, 0.1) is 17.5 Å². The van der Waals surface area contributed by atoms with E-state index in [1.807, 2.05) is 0 Å². The van der Waals surface area contributed by atoms with Crippen LogP contribution in [-0.2, 0) is 6.42 Å². The zero-order chi connectivity index (χ0) is 16.6. The molecule has 0 saturated heterocycles. The number of aromatic carboxylic acids is 1. The second kappa shape index (κ2) is 5.91. The van der Waals surface area contributed by atoms with Crippen molar-refractivity contribution in [2.24, 2.45) is 0 Å². The van der Waals surface area contributed by atoms with Crippen LogP contribution in [0.1, 0.15) is 39.9 Å². The highest BCUT2D eigenvalue weighted by molar-refractivity contribution is 5.91. The monoisotopic (exact) mass is 318 g/mol. The number of halogens is 3. The van der Waals surface area contributed by atoms with Gasteiger partial charge in [-0.2, -0.15) is 0 Å². The average molecular weight is 318 g/mol. The van der Waals surface area contributed by atoms with Crippen LogP contribution in [0.15, 0.2) is 36.4 Å². The van der Waals surface area contributed by atoms with Crippen molar-refractivity contribution in [3.8, 4) is 0 Å². The molecule has 0 saturated carbocycles. The van der Waals surface area contributed by atoms with Crippen LogP contribution in [0.2, 0.25) is 0 Å². The van der Waals surface area contributed by atoms with Gasteiger partial charge in [0.05, 0.1) is 11.1 Å². The van der Waals surface area contributed by atoms with Crippen molar-refractivity contribution < 1.29 is 23.1 Å². The number of rotatable bonds is 2. The average Bonchev–Trinajstić information content (AvgIpc) is 2.68. The number of carboxylic acid groups (broad SMARTS) is 1. The topological polar surface area (TPSA) is 37.3 Å². The van der Waals surface area contributed by atoms with Gasteiger partial charge in [0.1, 0.15) is 17.5 Å². The zero-order valence-electron chi connectivity index (χ0n) is 12.1. The molecule has 0 fully saturated rings. The number of fused-ring (bicyclic) bond motifs is 1. The number of benzene rings is 2. The minimum atomic E-state index is -1.11. The lowest BCUT2D eigenvalue weighted by Gasteiger charge is -2.14. The maximum Gasteiger partial charge on any atom is 0.335 e. The van der Waals surface area contributed by atoms with Gasteiger partial charge in [0.2, 0.25) is 0 Å². The van der Waals surface area contributed by atoms with Crippen LogP contribution in [-0.4, -0.2) is 11.1 Å². The van der Waals surface area contributed by atoms with Crippen LogP contribution in [0.5, 0.6) is 0 Å². The highest BCUT2D eigenvalue weighted by Crippen LogP contribution is 2.34. The number of aryl methyl sites for hydroxylation is 1. The lowest BCUT2D eigenvalue weighted by molar-refractivity contribution is 0.0697. The molecule has 2 aromatic carbocycles. The van der Waals surface area contributed by atoms with E-state index in [1.165, 1.54) is 12.1 Å². The van der Waals surface area contributed by atoms with Crippen molar-refractivity contribution in [3.63, 3.8) is 0 Å². The van der Waals surface area contributed by atoms with Gasteiger partial charge < -0.3 is 5.11 Å². The summed E-state index contributed by atoms with van der Waals surface area (Å²) in [6, 6.07) is 5.81. The third-order valence-corrected chi connectivity index (χ3v) is 3.92. The molecule has 0 aromatic heterocycles. The Hall–Kier alpha value is -2.56. The van der Waals surface area contributed by atoms with Gasteiger partial charge in [0.15, 0.2) is 0 Å². The van der Waals surface area contributed by atoms with E-state index in [0.717, 1.165) is 12.0 Å². The largest absolute Gasteiger partial charge is 0.478 e. The van der Waals surface area contributed by atoms with Crippen LogP contribution in [0.25, 0.3) is 5.57 Å². The molecule has 3 rings (SSSR count). The van der Waals surface area contributed by atoms with E-state index in [-0.39, 0.29) is 16.7 Å². The molecule has 0 atom stereocenters. The van der Waals surface area contributed by atoms with Crippen molar-refractivity contribution in [1.82, 2.24) is 0 Å². The number of hydrogen-bond donors (Lipinski definition) is 1. The molecule has 1 aliphatic carbocycles. The van der Waals surface area contributed by atoms with Crippen LogP contribution < -0.4 is 0 Å². The zero-order valence-corrected chi connectivity index (χ0v) is 12.1. The second-order valence-corrected chi connectivity index (χ2v) is 5.43. The molecule has 1 aliphatic rings. The Morgan fingerprint density at radius 3 is 2.39 bits per heavy atom.